The van der Waals surface area contributed by atoms with Crippen molar-refractivity contribution in [2.45, 2.75) is 13.3 Å². The Bertz CT molecular complexity index is 405. The Balaban J connectivity index is 2.33. The van der Waals surface area contributed by atoms with Crippen LogP contribution in [0.25, 0.3) is 10.8 Å². The van der Waals surface area contributed by atoms with Crippen LogP contribution in [-0.2, 0) is 6.42 Å². The van der Waals surface area contributed by atoms with Crippen molar-refractivity contribution in [2.24, 2.45) is 5.73 Å². The fourth-order valence-corrected chi connectivity index (χ4v) is 2.23. The third kappa shape index (κ3) is 1.66. The molecule has 0 aliphatic rings. The van der Waals surface area contributed by atoms with Gasteiger partial charge in [0.05, 0.1) is 5.69 Å². The van der Waals surface area contributed by atoms with Gasteiger partial charge in [0.2, 0.25) is 0 Å². The summed E-state index contributed by atoms with van der Waals surface area (Å²) in [7, 11) is 0. The van der Waals surface area contributed by atoms with Gasteiger partial charge in [-0.15, -0.1) is 11.3 Å². The summed E-state index contributed by atoms with van der Waals surface area (Å²) in [5, 5.41) is 7.46. The predicted molar refractivity (Wildman–Crippen MR) is 55.0 cm³/mol. The molecule has 2 aromatic heterocycles. The number of rotatable bonds is 3. The molecule has 0 aliphatic carbocycles. The second kappa shape index (κ2) is 3.85. The van der Waals surface area contributed by atoms with Gasteiger partial charge in [0.15, 0.2) is 10.8 Å². The van der Waals surface area contributed by atoms with Crippen molar-refractivity contribution in [3.8, 4) is 10.8 Å². The van der Waals surface area contributed by atoms with E-state index in [1.54, 1.807) is 11.3 Å². The van der Waals surface area contributed by atoms with Gasteiger partial charge in [-0.2, -0.15) is 5.10 Å². The zero-order valence-corrected chi connectivity index (χ0v) is 8.64. The van der Waals surface area contributed by atoms with Crippen LogP contribution in [0.2, 0.25) is 0 Å². The van der Waals surface area contributed by atoms with E-state index in [0.29, 0.717) is 6.54 Å². The SMILES string of the molecule is Cc1nc(-c2ncn[nH]2)sc1CCN. The van der Waals surface area contributed by atoms with E-state index in [2.05, 4.69) is 20.2 Å². The molecular weight excluding hydrogens is 198 g/mol. The molecule has 0 fully saturated rings. The van der Waals surface area contributed by atoms with Crippen molar-refractivity contribution in [3.63, 3.8) is 0 Å². The van der Waals surface area contributed by atoms with E-state index in [1.165, 1.54) is 11.2 Å². The first-order chi connectivity index (χ1) is 6.81. The zero-order chi connectivity index (χ0) is 9.97. The highest BCUT2D eigenvalue weighted by molar-refractivity contribution is 7.15. The lowest BCUT2D eigenvalue weighted by molar-refractivity contribution is 0.970. The van der Waals surface area contributed by atoms with Gasteiger partial charge < -0.3 is 5.73 Å². The Labute approximate surface area is 85.4 Å². The number of H-pyrrole nitrogens is 1. The number of nitrogens with one attached hydrogen (secondary N) is 1. The van der Waals surface area contributed by atoms with Crippen LogP contribution in [0.5, 0.6) is 0 Å². The van der Waals surface area contributed by atoms with E-state index in [-0.39, 0.29) is 0 Å². The number of hydrogen-bond acceptors (Lipinski definition) is 5. The molecule has 6 heteroatoms. The fourth-order valence-electron chi connectivity index (χ4n) is 1.20. The first-order valence-corrected chi connectivity index (χ1v) is 5.15. The lowest BCUT2D eigenvalue weighted by atomic mass is 10.3. The van der Waals surface area contributed by atoms with E-state index in [0.717, 1.165) is 22.9 Å². The van der Waals surface area contributed by atoms with E-state index in [9.17, 15) is 0 Å². The lowest BCUT2D eigenvalue weighted by Gasteiger charge is -1.90. The molecule has 0 saturated heterocycles. The van der Waals surface area contributed by atoms with Crippen LogP contribution >= 0.6 is 11.3 Å². The second-order valence-corrected chi connectivity index (χ2v) is 3.98. The van der Waals surface area contributed by atoms with E-state index < -0.39 is 0 Å². The maximum Gasteiger partial charge on any atom is 0.184 e. The number of aromatic amines is 1. The monoisotopic (exact) mass is 209 g/mol. The highest BCUT2D eigenvalue weighted by atomic mass is 32.1. The Morgan fingerprint density at radius 2 is 2.43 bits per heavy atom. The molecule has 0 atom stereocenters. The summed E-state index contributed by atoms with van der Waals surface area (Å²) in [6.07, 6.45) is 2.35. The third-order valence-corrected chi connectivity index (χ3v) is 3.11. The van der Waals surface area contributed by atoms with Gasteiger partial charge in [0.1, 0.15) is 6.33 Å². The van der Waals surface area contributed by atoms with Crippen LogP contribution in [0.15, 0.2) is 6.33 Å². The van der Waals surface area contributed by atoms with Gasteiger partial charge >= 0.3 is 0 Å². The summed E-state index contributed by atoms with van der Waals surface area (Å²) in [5.74, 6) is 0.723. The summed E-state index contributed by atoms with van der Waals surface area (Å²) in [5.41, 5.74) is 6.53. The number of aryl methyl sites for hydroxylation is 1. The third-order valence-electron chi connectivity index (χ3n) is 1.88. The van der Waals surface area contributed by atoms with Crippen LogP contribution in [0, 0.1) is 6.92 Å². The first-order valence-electron chi connectivity index (χ1n) is 4.33. The number of hydrogen-bond donors (Lipinski definition) is 2. The minimum atomic E-state index is 0.652. The topological polar surface area (TPSA) is 80.5 Å². The van der Waals surface area contributed by atoms with Crippen LogP contribution < -0.4 is 5.73 Å². The van der Waals surface area contributed by atoms with E-state index >= 15 is 0 Å². The molecule has 14 heavy (non-hydrogen) atoms. The molecule has 3 N–H and O–H groups in total. The van der Waals surface area contributed by atoms with Crippen molar-refractivity contribution < 1.29 is 0 Å². The summed E-state index contributed by atoms with van der Waals surface area (Å²) in [6.45, 7) is 2.64. The molecule has 5 nitrogen and oxygen atoms in total. The highest BCUT2D eigenvalue weighted by Crippen LogP contribution is 2.24. The molecular formula is C8H11N5S. The molecule has 0 bridgehead atoms. The number of nitrogens with zero attached hydrogens (tertiary/aromatic N) is 3. The van der Waals surface area contributed by atoms with Gasteiger partial charge in [-0.05, 0) is 19.9 Å². The van der Waals surface area contributed by atoms with Crippen molar-refractivity contribution in [1.82, 2.24) is 20.2 Å². The van der Waals surface area contributed by atoms with Crippen molar-refractivity contribution in [1.29, 1.82) is 0 Å². The van der Waals surface area contributed by atoms with Crippen LogP contribution in [0.4, 0.5) is 0 Å². The Hall–Kier alpha value is -1.27. The summed E-state index contributed by atoms with van der Waals surface area (Å²) < 4.78 is 0. The van der Waals surface area contributed by atoms with Crippen LogP contribution in [0.3, 0.4) is 0 Å². The summed E-state index contributed by atoms with van der Waals surface area (Å²) in [6, 6.07) is 0. The van der Waals surface area contributed by atoms with E-state index in [1.807, 2.05) is 6.92 Å². The van der Waals surface area contributed by atoms with Gasteiger partial charge in [-0.3, -0.25) is 5.10 Å². The predicted octanol–water partition coefficient (Wildman–Crippen LogP) is 0.738. The van der Waals surface area contributed by atoms with Gasteiger partial charge in [-0.1, -0.05) is 0 Å². The molecule has 0 aliphatic heterocycles. The lowest BCUT2D eigenvalue weighted by Crippen LogP contribution is -2.01. The van der Waals surface area contributed by atoms with Gasteiger partial charge in [-0.25, -0.2) is 9.97 Å². The Morgan fingerprint density at radius 1 is 1.57 bits per heavy atom. The largest absolute Gasteiger partial charge is 0.330 e. The molecule has 2 rings (SSSR count). The molecule has 0 amide bonds. The van der Waals surface area contributed by atoms with E-state index in [4.69, 9.17) is 5.73 Å². The molecule has 0 unspecified atom stereocenters. The maximum absolute atomic E-state index is 5.50. The van der Waals surface area contributed by atoms with Gasteiger partial charge in [0.25, 0.3) is 0 Å². The van der Waals surface area contributed by atoms with Crippen LogP contribution in [0.1, 0.15) is 10.6 Å². The van der Waals surface area contributed by atoms with Crippen LogP contribution in [-0.4, -0.2) is 26.7 Å². The smallest absolute Gasteiger partial charge is 0.184 e. The standard InChI is InChI=1S/C8H11N5S/c1-5-6(2-3-9)14-8(12-5)7-10-4-11-13-7/h4H,2-3,9H2,1H3,(H,10,11,13). The fraction of sp³-hybridized carbons (Fsp3) is 0.375. The normalized spacial score (nSPS) is 10.7. The molecule has 0 spiro atoms. The molecule has 0 aromatic carbocycles. The van der Waals surface area contributed by atoms with Crippen molar-refractivity contribution in [3.05, 3.63) is 16.9 Å². The molecule has 2 heterocycles. The quantitative estimate of drug-likeness (QED) is 0.781. The average molecular weight is 209 g/mol. The molecule has 0 saturated carbocycles. The summed E-state index contributed by atoms with van der Waals surface area (Å²) in [4.78, 5) is 9.67. The minimum absolute atomic E-state index is 0.652. The van der Waals surface area contributed by atoms with Crippen molar-refractivity contribution in [2.75, 3.05) is 6.54 Å². The molecule has 0 radical (unpaired) electrons. The average Bonchev–Trinajstić information content (AvgIpc) is 2.76. The maximum atomic E-state index is 5.50. The van der Waals surface area contributed by atoms with Gasteiger partial charge in [0, 0.05) is 4.88 Å². The highest BCUT2D eigenvalue weighted by Gasteiger charge is 2.10. The number of nitrogens with two attached hydrogens (primary N) is 1. The Kier molecular flexibility index (Phi) is 2.55. The van der Waals surface area contributed by atoms with Crippen molar-refractivity contribution >= 4 is 11.3 Å². The minimum Gasteiger partial charge on any atom is -0.330 e. The summed E-state index contributed by atoms with van der Waals surface area (Å²) >= 11 is 1.62. The first kappa shape index (κ1) is 9.29. The molecule has 74 valence electrons. The second-order valence-electron chi connectivity index (χ2n) is 2.90. The zero-order valence-electron chi connectivity index (χ0n) is 7.82. The Morgan fingerprint density at radius 3 is 3.07 bits per heavy atom. The number of thiazole rings is 1. The number of aromatic nitrogens is 4. The molecule has 2 aromatic rings.